The summed E-state index contributed by atoms with van der Waals surface area (Å²) in [7, 11) is 1.20. The van der Waals surface area contributed by atoms with Crippen LogP contribution in [0.25, 0.3) is 0 Å². The van der Waals surface area contributed by atoms with Gasteiger partial charge in [-0.1, -0.05) is 24.3 Å². The van der Waals surface area contributed by atoms with Crippen molar-refractivity contribution in [3.63, 3.8) is 0 Å². The predicted molar refractivity (Wildman–Crippen MR) is 86.1 cm³/mol. The molecule has 2 aromatic carbocycles. The first-order valence-corrected chi connectivity index (χ1v) is 7.73. The maximum Gasteiger partial charge on any atom is 0.258 e. The number of hydrogen-bond donors (Lipinski definition) is 2. The molecule has 4 nitrogen and oxygen atoms in total. The van der Waals surface area contributed by atoms with Crippen LogP contribution < -0.4 is 15.4 Å². The van der Waals surface area contributed by atoms with Crippen LogP contribution in [0, 0.1) is 11.6 Å². The van der Waals surface area contributed by atoms with Gasteiger partial charge in [-0.15, -0.1) is 0 Å². The average Bonchev–Trinajstić information content (AvgIpc) is 2.61. The molecule has 0 saturated heterocycles. The second-order valence-electron chi connectivity index (χ2n) is 5.60. The number of amides is 1. The number of carbonyl (C=O) groups is 1. The van der Waals surface area contributed by atoms with Gasteiger partial charge in [0.2, 0.25) is 0 Å². The lowest BCUT2D eigenvalue weighted by Gasteiger charge is -2.27. The summed E-state index contributed by atoms with van der Waals surface area (Å²) >= 11 is 0. The van der Waals surface area contributed by atoms with Gasteiger partial charge in [-0.25, -0.2) is 8.78 Å². The molecule has 24 heavy (non-hydrogen) atoms. The number of halogens is 2. The maximum absolute atomic E-state index is 13.9. The summed E-state index contributed by atoms with van der Waals surface area (Å²) in [4.78, 5) is 12.3. The minimum atomic E-state index is -0.817. The van der Waals surface area contributed by atoms with Crippen LogP contribution in [0.3, 0.4) is 0 Å². The van der Waals surface area contributed by atoms with Gasteiger partial charge in [-0.05, 0) is 36.2 Å². The van der Waals surface area contributed by atoms with Gasteiger partial charge in [-0.3, -0.25) is 4.79 Å². The Labute approximate surface area is 138 Å². The van der Waals surface area contributed by atoms with E-state index in [1.165, 1.54) is 12.7 Å². The molecule has 1 unspecified atom stereocenters. The van der Waals surface area contributed by atoms with E-state index in [0.717, 1.165) is 30.7 Å². The molecule has 0 saturated carbocycles. The van der Waals surface area contributed by atoms with E-state index >= 15 is 0 Å². The van der Waals surface area contributed by atoms with Crippen molar-refractivity contribution < 1.29 is 18.3 Å². The largest absolute Gasteiger partial charge is 0.493 e. The van der Waals surface area contributed by atoms with E-state index in [0.29, 0.717) is 0 Å². The molecular formula is C18H18F2N2O2. The average molecular weight is 332 g/mol. The second-order valence-corrected chi connectivity index (χ2v) is 5.60. The molecule has 2 N–H and O–H groups in total. The predicted octanol–water partition coefficient (Wildman–Crippen LogP) is 2.59. The van der Waals surface area contributed by atoms with Crippen LogP contribution in [0.4, 0.5) is 8.78 Å². The molecule has 0 aromatic heterocycles. The lowest BCUT2D eigenvalue weighted by Crippen LogP contribution is -2.39. The smallest absolute Gasteiger partial charge is 0.258 e. The highest BCUT2D eigenvalue weighted by Crippen LogP contribution is 2.26. The van der Waals surface area contributed by atoms with E-state index in [2.05, 4.69) is 16.7 Å². The minimum Gasteiger partial charge on any atom is -0.493 e. The highest BCUT2D eigenvalue weighted by molar-refractivity contribution is 5.97. The van der Waals surface area contributed by atoms with Crippen molar-refractivity contribution in [2.24, 2.45) is 0 Å². The highest BCUT2D eigenvalue weighted by atomic mass is 19.1. The lowest BCUT2D eigenvalue weighted by atomic mass is 9.94. The maximum atomic E-state index is 13.9. The van der Waals surface area contributed by atoms with Gasteiger partial charge in [0, 0.05) is 12.6 Å². The number of ether oxygens (including phenoxy) is 1. The van der Waals surface area contributed by atoms with E-state index in [1.807, 2.05) is 18.2 Å². The normalized spacial score (nSPS) is 16.4. The van der Waals surface area contributed by atoms with E-state index in [1.54, 1.807) is 0 Å². The van der Waals surface area contributed by atoms with Gasteiger partial charge in [-0.2, -0.15) is 0 Å². The molecule has 0 spiro atoms. The van der Waals surface area contributed by atoms with Gasteiger partial charge in [0.15, 0.2) is 11.6 Å². The first kappa shape index (κ1) is 16.4. The van der Waals surface area contributed by atoms with Gasteiger partial charge in [0.25, 0.3) is 5.91 Å². The summed E-state index contributed by atoms with van der Waals surface area (Å²) in [6, 6.07) is 9.76. The summed E-state index contributed by atoms with van der Waals surface area (Å²) in [5, 5.41) is 5.99. The standard InChI is InChI=1S/C18H18F2N2O2/c1-24-17-14(20)7-6-13(19)16(17)18(23)22-10-15-12-5-3-2-4-11(12)8-9-21-15/h2-7,15,21H,8-10H2,1H3,(H,22,23). The molecule has 0 aliphatic carbocycles. The third-order valence-electron chi connectivity index (χ3n) is 4.17. The summed E-state index contributed by atoms with van der Waals surface area (Å²) in [5.41, 5.74) is 1.92. The molecule has 0 bridgehead atoms. The highest BCUT2D eigenvalue weighted by Gasteiger charge is 2.24. The van der Waals surface area contributed by atoms with E-state index < -0.39 is 23.1 Å². The Kier molecular flexibility index (Phi) is 4.76. The van der Waals surface area contributed by atoms with Gasteiger partial charge < -0.3 is 15.4 Å². The topological polar surface area (TPSA) is 50.4 Å². The molecule has 6 heteroatoms. The molecule has 1 atom stereocenters. The van der Waals surface area contributed by atoms with Crippen LogP contribution in [0.2, 0.25) is 0 Å². The van der Waals surface area contributed by atoms with Crippen LogP contribution in [0.15, 0.2) is 36.4 Å². The SMILES string of the molecule is COc1c(F)ccc(F)c1C(=O)NCC1NCCc2ccccc21. The number of hydrogen-bond acceptors (Lipinski definition) is 3. The van der Waals surface area contributed by atoms with Gasteiger partial charge in [0.1, 0.15) is 11.4 Å². The van der Waals surface area contributed by atoms with Crippen molar-refractivity contribution in [2.75, 3.05) is 20.2 Å². The Hall–Kier alpha value is -2.47. The Morgan fingerprint density at radius 2 is 2.00 bits per heavy atom. The number of methoxy groups -OCH3 is 1. The van der Waals surface area contributed by atoms with Crippen LogP contribution in [-0.2, 0) is 6.42 Å². The number of rotatable bonds is 4. The van der Waals surface area contributed by atoms with E-state index in [-0.39, 0.29) is 18.3 Å². The Morgan fingerprint density at radius 3 is 2.79 bits per heavy atom. The zero-order valence-corrected chi connectivity index (χ0v) is 13.2. The number of benzene rings is 2. The van der Waals surface area contributed by atoms with Crippen LogP contribution in [0.5, 0.6) is 5.75 Å². The quantitative estimate of drug-likeness (QED) is 0.905. The monoisotopic (exact) mass is 332 g/mol. The molecular weight excluding hydrogens is 314 g/mol. The third kappa shape index (κ3) is 3.10. The van der Waals surface area contributed by atoms with Gasteiger partial charge in [0.05, 0.1) is 7.11 Å². The van der Waals surface area contributed by atoms with Crippen molar-refractivity contribution in [3.05, 3.63) is 64.7 Å². The van der Waals surface area contributed by atoms with Crippen LogP contribution in [0.1, 0.15) is 27.5 Å². The molecule has 0 radical (unpaired) electrons. The third-order valence-corrected chi connectivity index (χ3v) is 4.17. The number of nitrogens with one attached hydrogen (secondary N) is 2. The van der Waals surface area contributed by atoms with Crippen molar-refractivity contribution in [1.29, 1.82) is 0 Å². The zero-order valence-electron chi connectivity index (χ0n) is 13.2. The van der Waals surface area contributed by atoms with Crippen LogP contribution >= 0.6 is 0 Å². The summed E-state index contributed by atoms with van der Waals surface area (Å²) < 4.78 is 32.5. The van der Waals surface area contributed by atoms with Crippen molar-refractivity contribution in [1.82, 2.24) is 10.6 Å². The number of carbonyl (C=O) groups excluding carboxylic acids is 1. The van der Waals surface area contributed by atoms with Gasteiger partial charge >= 0.3 is 0 Å². The molecule has 1 amide bonds. The first-order chi connectivity index (χ1) is 11.6. The second kappa shape index (κ2) is 6.97. The fraction of sp³-hybridized carbons (Fsp3) is 0.278. The summed E-state index contributed by atoms with van der Waals surface area (Å²) in [6.45, 7) is 1.07. The summed E-state index contributed by atoms with van der Waals surface area (Å²) in [6.07, 6.45) is 0.924. The fourth-order valence-electron chi connectivity index (χ4n) is 3.00. The fourth-order valence-corrected chi connectivity index (χ4v) is 3.00. The van der Waals surface area contributed by atoms with Crippen LogP contribution in [-0.4, -0.2) is 26.1 Å². The Morgan fingerprint density at radius 1 is 1.25 bits per heavy atom. The first-order valence-electron chi connectivity index (χ1n) is 7.73. The Balaban J connectivity index is 1.77. The molecule has 1 aliphatic heterocycles. The number of fused-ring (bicyclic) bond motifs is 1. The minimum absolute atomic E-state index is 0.0680. The van der Waals surface area contributed by atoms with Crippen molar-refractivity contribution in [2.45, 2.75) is 12.5 Å². The molecule has 2 aromatic rings. The van der Waals surface area contributed by atoms with E-state index in [4.69, 9.17) is 4.74 Å². The molecule has 1 aliphatic rings. The van der Waals surface area contributed by atoms with Crippen molar-refractivity contribution in [3.8, 4) is 5.75 Å². The molecule has 0 fully saturated rings. The van der Waals surface area contributed by atoms with E-state index in [9.17, 15) is 13.6 Å². The molecule has 3 rings (SSSR count). The Bertz CT molecular complexity index is 765. The molecule has 126 valence electrons. The van der Waals surface area contributed by atoms with Crippen molar-refractivity contribution >= 4 is 5.91 Å². The lowest BCUT2D eigenvalue weighted by molar-refractivity contribution is 0.0940. The summed E-state index contributed by atoms with van der Waals surface area (Å²) in [5.74, 6) is -2.67. The zero-order chi connectivity index (χ0) is 17.1. The molecule has 1 heterocycles.